The molecule has 2 amide bonds. The van der Waals surface area contributed by atoms with Crippen LogP contribution in [0.15, 0.2) is 109 Å². The number of carbonyl (C=O) groups excluding carboxylic acids is 2. The maximum Gasteiger partial charge on any atom is 0.258 e. The van der Waals surface area contributed by atoms with Crippen LogP contribution < -0.4 is 15.0 Å². The summed E-state index contributed by atoms with van der Waals surface area (Å²) >= 11 is 0. The monoisotopic (exact) mass is 478 g/mol. The summed E-state index contributed by atoms with van der Waals surface area (Å²) < 4.78 is 5.26. The summed E-state index contributed by atoms with van der Waals surface area (Å²) in [7, 11) is 1.63. The lowest BCUT2D eigenvalue weighted by Gasteiger charge is -2.24. The number of benzene rings is 4. The van der Waals surface area contributed by atoms with Gasteiger partial charge in [-0.05, 0) is 60.0 Å². The molecule has 0 unspecified atom stereocenters. The highest BCUT2D eigenvalue weighted by atomic mass is 16.5. The molecule has 0 aliphatic rings. The Kier molecular flexibility index (Phi) is 8.14. The molecule has 5 nitrogen and oxygen atoms in total. The molecule has 0 radical (unpaired) electrons. The van der Waals surface area contributed by atoms with Crippen molar-refractivity contribution in [2.75, 3.05) is 12.0 Å². The van der Waals surface area contributed by atoms with Gasteiger partial charge in [0.25, 0.3) is 5.91 Å². The number of anilines is 1. The Morgan fingerprint density at radius 3 is 1.97 bits per heavy atom. The van der Waals surface area contributed by atoms with Gasteiger partial charge in [0.15, 0.2) is 0 Å². The second-order valence-corrected chi connectivity index (χ2v) is 8.65. The summed E-state index contributed by atoms with van der Waals surface area (Å²) in [5.74, 6) is 0.632. The van der Waals surface area contributed by atoms with Gasteiger partial charge in [-0.25, -0.2) is 0 Å². The van der Waals surface area contributed by atoms with Gasteiger partial charge in [0.05, 0.1) is 26.1 Å². The van der Waals surface area contributed by atoms with E-state index >= 15 is 0 Å². The van der Waals surface area contributed by atoms with E-state index in [0.29, 0.717) is 12.1 Å². The summed E-state index contributed by atoms with van der Waals surface area (Å²) in [6, 6.07) is 34.3. The van der Waals surface area contributed by atoms with Gasteiger partial charge in [-0.1, -0.05) is 72.8 Å². The molecular weight excluding hydrogens is 448 g/mol. The number of rotatable bonds is 9. The van der Waals surface area contributed by atoms with Crippen molar-refractivity contribution in [3.05, 3.63) is 131 Å². The molecule has 0 saturated heterocycles. The minimum Gasteiger partial charge on any atom is -0.497 e. The fourth-order valence-electron chi connectivity index (χ4n) is 4.03. The van der Waals surface area contributed by atoms with E-state index < -0.39 is 0 Å². The summed E-state index contributed by atoms with van der Waals surface area (Å²) in [6.07, 6.45) is 0.266. The molecule has 0 aliphatic carbocycles. The lowest BCUT2D eigenvalue weighted by molar-refractivity contribution is -0.121. The molecule has 4 rings (SSSR count). The first kappa shape index (κ1) is 24.7. The number of amides is 2. The van der Waals surface area contributed by atoms with Crippen molar-refractivity contribution in [3.63, 3.8) is 0 Å². The van der Waals surface area contributed by atoms with Gasteiger partial charge in [0.2, 0.25) is 5.91 Å². The molecule has 182 valence electrons. The van der Waals surface area contributed by atoms with Gasteiger partial charge in [-0.15, -0.1) is 0 Å². The van der Waals surface area contributed by atoms with Crippen LogP contribution in [0.5, 0.6) is 5.75 Å². The Balaban J connectivity index is 1.49. The first-order chi connectivity index (χ1) is 17.5. The zero-order chi connectivity index (χ0) is 25.3. The minimum atomic E-state index is -0.0893. The Labute approximate surface area is 212 Å². The number of hydrogen-bond donors (Lipinski definition) is 1. The summed E-state index contributed by atoms with van der Waals surface area (Å²) in [5, 5.41) is 3.05. The Morgan fingerprint density at radius 2 is 1.36 bits per heavy atom. The third-order valence-electron chi connectivity index (χ3n) is 6.06. The molecule has 0 aromatic heterocycles. The van der Waals surface area contributed by atoms with Crippen molar-refractivity contribution in [2.24, 2.45) is 0 Å². The topological polar surface area (TPSA) is 58.6 Å². The van der Waals surface area contributed by atoms with Crippen LogP contribution in [0.1, 0.15) is 40.0 Å². The first-order valence-corrected chi connectivity index (χ1v) is 12.0. The van der Waals surface area contributed by atoms with Crippen molar-refractivity contribution in [2.45, 2.75) is 25.9 Å². The van der Waals surface area contributed by atoms with E-state index in [1.165, 1.54) is 0 Å². The Hall–Kier alpha value is -4.38. The second-order valence-electron chi connectivity index (χ2n) is 8.65. The van der Waals surface area contributed by atoms with Crippen LogP contribution in [0.3, 0.4) is 0 Å². The van der Waals surface area contributed by atoms with Crippen molar-refractivity contribution >= 4 is 17.5 Å². The standard InChI is InChI=1S/C31H30N2O3/c1-23(26-9-5-3-6-10-26)32-30(34)21-24-13-17-28(18-14-24)33(31(35)27-11-7-4-8-12-27)22-25-15-19-29(36-2)20-16-25/h3-20,23H,21-22H2,1-2H3,(H,32,34)/t23-/m1/s1. The van der Waals surface area contributed by atoms with E-state index in [1.54, 1.807) is 12.0 Å². The second kappa shape index (κ2) is 11.8. The summed E-state index contributed by atoms with van der Waals surface area (Å²) in [4.78, 5) is 27.8. The van der Waals surface area contributed by atoms with E-state index in [0.717, 1.165) is 28.1 Å². The molecule has 4 aromatic carbocycles. The number of nitrogens with one attached hydrogen (secondary N) is 1. The molecule has 0 bridgehead atoms. The maximum absolute atomic E-state index is 13.4. The van der Waals surface area contributed by atoms with Crippen LogP contribution in [-0.2, 0) is 17.8 Å². The predicted octanol–water partition coefficient (Wildman–Crippen LogP) is 5.96. The lowest BCUT2D eigenvalue weighted by Crippen LogP contribution is -2.30. The van der Waals surface area contributed by atoms with Crippen molar-refractivity contribution < 1.29 is 14.3 Å². The van der Waals surface area contributed by atoms with Crippen LogP contribution in [-0.4, -0.2) is 18.9 Å². The highest BCUT2D eigenvalue weighted by Gasteiger charge is 2.19. The molecule has 5 heteroatoms. The van der Waals surface area contributed by atoms with Gasteiger partial charge < -0.3 is 15.0 Å². The lowest BCUT2D eigenvalue weighted by atomic mass is 10.1. The van der Waals surface area contributed by atoms with E-state index in [-0.39, 0.29) is 24.3 Å². The smallest absolute Gasteiger partial charge is 0.258 e. The molecule has 0 heterocycles. The molecule has 0 saturated carbocycles. The van der Waals surface area contributed by atoms with Gasteiger partial charge >= 0.3 is 0 Å². The maximum atomic E-state index is 13.4. The normalized spacial score (nSPS) is 11.4. The van der Waals surface area contributed by atoms with E-state index in [1.807, 2.05) is 116 Å². The molecular formula is C31H30N2O3. The van der Waals surface area contributed by atoms with Crippen molar-refractivity contribution in [1.29, 1.82) is 0 Å². The SMILES string of the molecule is COc1ccc(CN(C(=O)c2ccccc2)c2ccc(CC(=O)N[C@H](C)c3ccccc3)cc2)cc1. The average molecular weight is 479 g/mol. The quantitative estimate of drug-likeness (QED) is 0.323. The zero-order valence-corrected chi connectivity index (χ0v) is 20.6. The molecule has 0 spiro atoms. The number of ether oxygens (including phenoxy) is 1. The summed E-state index contributed by atoms with van der Waals surface area (Å²) in [5.41, 5.74) is 4.31. The van der Waals surface area contributed by atoms with E-state index in [4.69, 9.17) is 4.74 Å². The Morgan fingerprint density at radius 1 is 0.778 bits per heavy atom. The van der Waals surface area contributed by atoms with Gasteiger partial charge in [-0.2, -0.15) is 0 Å². The van der Waals surface area contributed by atoms with Crippen molar-refractivity contribution in [1.82, 2.24) is 5.32 Å². The van der Waals surface area contributed by atoms with E-state index in [9.17, 15) is 9.59 Å². The van der Waals surface area contributed by atoms with Gasteiger partial charge in [-0.3, -0.25) is 9.59 Å². The predicted molar refractivity (Wildman–Crippen MR) is 143 cm³/mol. The first-order valence-electron chi connectivity index (χ1n) is 12.0. The van der Waals surface area contributed by atoms with Crippen LogP contribution in [0, 0.1) is 0 Å². The largest absolute Gasteiger partial charge is 0.497 e. The van der Waals surface area contributed by atoms with Crippen molar-refractivity contribution in [3.8, 4) is 5.75 Å². The van der Waals surface area contributed by atoms with Gasteiger partial charge in [0.1, 0.15) is 5.75 Å². The van der Waals surface area contributed by atoms with E-state index in [2.05, 4.69) is 5.32 Å². The van der Waals surface area contributed by atoms with Crippen LogP contribution in [0.2, 0.25) is 0 Å². The summed E-state index contributed by atoms with van der Waals surface area (Å²) in [6.45, 7) is 2.38. The number of methoxy groups -OCH3 is 1. The molecule has 0 fully saturated rings. The van der Waals surface area contributed by atoms with Crippen LogP contribution in [0.25, 0.3) is 0 Å². The zero-order valence-electron chi connectivity index (χ0n) is 20.6. The van der Waals surface area contributed by atoms with Gasteiger partial charge in [0, 0.05) is 11.3 Å². The third-order valence-corrected chi connectivity index (χ3v) is 6.06. The minimum absolute atomic E-state index is 0.0467. The Bertz CT molecular complexity index is 1270. The number of nitrogens with zero attached hydrogens (tertiary/aromatic N) is 1. The highest BCUT2D eigenvalue weighted by molar-refractivity contribution is 6.06. The number of carbonyl (C=O) groups is 2. The molecule has 4 aromatic rings. The third kappa shape index (κ3) is 6.39. The fourth-order valence-corrected chi connectivity index (χ4v) is 4.03. The molecule has 36 heavy (non-hydrogen) atoms. The van der Waals surface area contributed by atoms with Crippen LogP contribution >= 0.6 is 0 Å². The fraction of sp³-hybridized carbons (Fsp3) is 0.161. The molecule has 0 aliphatic heterocycles. The average Bonchev–Trinajstić information content (AvgIpc) is 2.93. The van der Waals surface area contributed by atoms with Crippen LogP contribution in [0.4, 0.5) is 5.69 Å². The number of hydrogen-bond acceptors (Lipinski definition) is 3. The highest BCUT2D eigenvalue weighted by Crippen LogP contribution is 2.23. The molecule has 1 atom stereocenters. The molecule has 1 N–H and O–H groups in total.